The Kier molecular flexibility index (Phi) is 2.88. The van der Waals surface area contributed by atoms with Crippen LogP contribution in [0.3, 0.4) is 0 Å². The van der Waals surface area contributed by atoms with Gasteiger partial charge in [-0.1, -0.05) is 12.8 Å². The Bertz CT molecular complexity index is 354. The normalized spacial score (nSPS) is 38.1. The van der Waals surface area contributed by atoms with Gasteiger partial charge in [-0.25, -0.2) is 0 Å². The summed E-state index contributed by atoms with van der Waals surface area (Å²) in [5, 5.41) is 13.0. The molecule has 2 saturated heterocycles. The molecule has 3 fully saturated rings. The highest BCUT2D eigenvalue weighted by Gasteiger charge is 2.53. The van der Waals surface area contributed by atoms with E-state index in [0.29, 0.717) is 12.5 Å². The molecular formula is C13H23N3O2. The number of fused-ring (bicyclic) bond motifs is 1. The number of nitrogens with two attached hydrogens (primary N) is 1. The molecule has 2 unspecified atom stereocenters. The first-order chi connectivity index (χ1) is 8.60. The molecule has 18 heavy (non-hydrogen) atoms. The van der Waals surface area contributed by atoms with Crippen LogP contribution in [0.4, 0.5) is 0 Å². The molecule has 0 bridgehead atoms. The first kappa shape index (κ1) is 12.4. The van der Waals surface area contributed by atoms with Crippen molar-refractivity contribution in [1.29, 1.82) is 0 Å². The predicted molar refractivity (Wildman–Crippen MR) is 67.8 cm³/mol. The summed E-state index contributed by atoms with van der Waals surface area (Å²) in [6, 6.07) is 0. The third-order valence-electron chi connectivity index (χ3n) is 5.20. The number of amides is 1. The van der Waals surface area contributed by atoms with Crippen LogP contribution in [0.2, 0.25) is 0 Å². The lowest BCUT2D eigenvalue weighted by Gasteiger charge is -2.30. The third kappa shape index (κ3) is 1.68. The van der Waals surface area contributed by atoms with Crippen LogP contribution in [0.25, 0.3) is 0 Å². The fourth-order valence-corrected chi connectivity index (χ4v) is 3.93. The van der Waals surface area contributed by atoms with Crippen LogP contribution < -0.4 is 11.1 Å². The second kappa shape index (κ2) is 4.18. The molecule has 3 rings (SSSR count). The largest absolute Gasteiger partial charge is 0.396 e. The minimum absolute atomic E-state index is 0.113. The van der Waals surface area contributed by atoms with Crippen molar-refractivity contribution in [3.63, 3.8) is 0 Å². The summed E-state index contributed by atoms with van der Waals surface area (Å²) >= 11 is 0. The van der Waals surface area contributed by atoms with Gasteiger partial charge in [-0.2, -0.15) is 0 Å². The maximum atomic E-state index is 12.6. The highest BCUT2D eigenvalue weighted by molar-refractivity contribution is 5.86. The topological polar surface area (TPSA) is 78.6 Å². The number of carbonyl (C=O) groups is 1. The van der Waals surface area contributed by atoms with E-state index in [9.17, 15) is 9.90 Å². The third-order valence-corrected chi connectivity index (χ3v) is 5.20. The lowest BCUT2D eigenvalue weighted by atomic mass is 9.82. The average Bonchev–Trinajstić information content (AvgIpc) is 3.01. The highest BCUT2D eigenvalue weighted by Crippen LogP contribution is 2.40. The lowest BCUT2D eigenvalue weighted by molar-refractivity contribution is -0.136. The summed E-state index contributed by atoms with van der Waals surface area (Å²) in [6.45, 7) is 3.30. The van der Waals surface area contributed by atoms with Crippen molar-refractivity contribution in [2.75, 3.05) is 32.8 Å². The van der Waals surface area contributed by atoms with Crippen LogP contribution in [0, 0.1) is 11.3 Å². The first-order valence-corrected chi connectivity index (χ1v) is 7.00. The van der Waals surface area contributed by atoms with E-state index in [1.807, 2.05) is 4.90 Å². The minimum Gasteiger partial charge on any atom is -0.396 e. The monoisotopic (exact) mass is 253 g/mol. The SMILES string of the molecule is NC1(C(=O)N2CC3CNCC3(CO)C2)CCCC1. The van der Waals surface area contributed by atoms with Gasteiger partial charge in [-0.3, -0.25) is 4.79 Å². The molecule has 5 heteroatoms. The van der Waals surface area contributed by atoms with E-state index in [2.05, 4.69) is 5.32 Å². The maximum absolute atomic E-state index is 12.6. The van der Waals surface area contributed by atoms with E-state index in [1.165, 1.54) is 0 Å². The summed E-state index contributed by atoms with van der Waals surface area (Å²) in [4.78, 5) is 14.5. The van der Waals surface area contributed by atoms with Crippen molar-refractivity contribution in [2.45, 2.75) is 31.2 Å². The standard InChI is InChI=1S/C13H23N3O2/c14-13(3-1-2-4-13)11(18)16-6-10-5-15-7-12(10,8-16)9-17/h10,15,17H,1-9,14H2. The van der Waals surface area contributed by atoms with Crippen LogP contribution in [-0.4, -0.2) is 54.2 Å². The van der Waals surface area contributed by atoms with E-state index in [-0.39, 0.29) is 17.9 Å². The summed E-state index contributed by atoms with van der Waals surface area (Å²) in [6.07, 6.45) is 3.76. The Morgan fingerprint density at radius 2 is 2.17 bits per heavy atom. The van der Waals surface area contributed by atoms with Crippen molar-refractivity contribution in [3.05, 3.63) is 0 Å². The molecule has 1 saturated carbocycles. The molecule has 2 atom stereocenters. The Balaban J connectivity index is 1.74. The predicted octanol–water partition coefficient (Wildman–Crippen LogP) is -0.702. The van der Waals surface area contributed by atoms with Gasteiger partial charge in [-0.15, -0.1) is 0 Å². The van der Waals surface area contributed by atoms with E-state index in [0.717, 1.165) is 45.3 Å². The Morgan fingerprint density at radius 3 is 2.78 bits per heavy atom. The van der Waals surface area contributed by atoms with Crippen LogP contribution in [0.15, 0.2) is 0 Å². The number of aliphatic hydroxyl groups is 1. The maximum Gasteiger partial charge on any atom is 0.242 e. The number of rotatable bonds is 2. The van der Waals surface area contributed by atoms with Gasteiger partial charge in [0.15, 0.2) is 0 Å². The second-order valence-electron chi connectivity index (χ2n) is 6.40. The summed E-state index contributed by atoms with van der Waals surface area (Å²) in [7, 11) is 0. The van der Waals surface area contributed by atoms with Crippen molar-refractivity contribution >= 4 is 5.91 Å². The molecule has 0 aromatic carbocycles. The van der Waals surface area contributed by atoms with Crippen molar-refractivity contribution in [1.82, 2.24) is 10.2 Å². The molecular weight excluding hydrogens is 230 g/mol. The van der Waals surface area contributed by atoms with Crippen molar-refractivity contribution in [3.8, 4) is 0 Å². The number of hydrogen-bond donors (Lipinski definition) is 3. The highest BCUT2D eigenvalue weighted by atomic mass is 16.3. The molecule has 0 aromatic heterocycles. The molecule has 4 N–H and O–H groups in total. The molecule has 102 valence electrons. The number of carbonyl (C=O) groups excluding carboxylic acids is 1. The zero-order chi connectivity index (χ0) is 12.8. The smallest absolute Gasteiger partial charge is 0.242 e. The molecule has 3 aliphatic rings. The fourth-order valence-electron chi connectivity index (χ4n) is 3.93. The molecule has 5 nitrogen and oxygen atoms in total. The number of nitrogens with zero attached hydrogens (tertiary/aromatic N) is 1. The van der Waals surface area contributed by atoms with E-state index >= 15 is 0 Å². The van der Waals surface area contributed by atoms with Gasteiger partial charge >= 0.3 is 0 Å². The molecule has 1 aliphatic carbocycles. The van der Waals surface area contributed by atoms with E-state index in [1.54, 1.807) is 0 Å². The second-order valence-corrected chi connectivity index (χ2v) is 6.40. The molecule has 2 heterocycles. The lowest BCUT2D eigenvalue weighted by Crippen LogP contribution is -2.53. The van der Waals surface area contributed by atoms with Gasteiger partial charge in [0.05, 0.1) is 12.1 Å². The zero-order valence-corrected chi connectivity index (χ0v) is 10.8. The fraction of sp³-hybridized carbons (Fsp3) is 0.923. The average molecular weight is 253 g/mol. The Hall–Kier alpha value is -0.650. The Morgan fingerprint density at radius 1 is 1.44 bits per heavy atom. The van der Waals surface area contributed by atoms with Gasteiger partial charge < -0.3 is 21.1 Å². The van der Waals surface area contributed by atoms with Gasteiger partial charge in [0.2, 0.25) is 5.91 Å². The molecule has 0 aromatic rings. The summed E-state index contributed by atoms with van der Waals surface area (Å²) in [5.41, 5.74) is 5.51. The number of likely N-dealkylation sites (tertiary alicyclic amines) is 1. The zero-order valence-electron chi connectivity index (χ0n) is 10.8. The van der Waals surface area contributed by atoms with Crippen LogP contribution in [0.1, 0.15) is 25.7 Å². The Labute approximate surface area is 108 Å². The van der Waals surface area contributed by atoms with Crippen molar-refractivity contribution in [2.24, 2.45) is 17.1 Å². The van der Waals surface area contributed by atoms with Gasteiger partial charge in [0, 0.05) is 31.6 Å². The van der Waals surface area contributed by atoms with Gasteiger partial charge in [0.1, 0.15) is 0 Å². The first-order valence-electron chi connectivity index (χ1n) is 7.00. The molecule has 0 spiro atoms. The summed E-state index contributed by atoms with van der Waals surface area (Å²) in [5.74, 6) is 0.499. The minimum atomic E-state index is -0.622. The molecule has 1 amide bonds. The molecule has 2 aliphatic heterocycles. The summed E-state index contributed by atoms with van der Waals surface area (Å²) < 4.78 is 0. The van der Waals surface area contributed by atoms with Gasteiger partial charge in [-0.05, 0) is 18.8 Å². The van der Waals surface area contributed by atoms with Crippen LogP contribution >= 0.6 is 0 Å². The van der Waals surface area contributed by atoms with E-state index < -0.39 is 5.54 Å². The van der Waals surface area contributed by atoms with E-state index in [4.69, 9.17) is 5.73 Å². The number of aliphatic hydroxyl groups excluding tert-OH is 1. The quantitative estimate of drug-likeness (QED) is 0.608. The van der Waals surface area contributed by atoms with Crippen LogP contribution in [-0.2, 0) is 4.79 Å². The van der Waals surface area contributed by atoms with Crippen LogP contribution in [0.5, 0.6) is 0 Å². The number of hydrogen-bond acceptors (Lipinski definition) is 4. The van der Waals surface area contributed by atoms with Crippen molar-refractivity contribution < 1.29 is 9.90 Å². The van der Waals surface area contributed by atoms with Gasteiger partial charge in [0.25, 0.3) is 0 Å². The molecule has 0 radical (unpaired) electrons. The number of nitrogens with one attached hydrogen (secondary N) is 1.